The Morgan fingerprint density at radius 3 is 2.33 bits per heavy atom. The predicted molar refractivity (Wildman–Crippen MR) is 110 cm³/mol. The number of para-hydroxylation sites is 1. The van der Waals surface area contributed by atoms with Crippen LogP contribution in [0.15, 0.2) is 18.2 Å². The SMILES string of the molecule is CCOC(=O)[C@]1(C(C(C)=O)[Si](C)(C)C(C)(C)C)C(=O)Nc2c(C)cccc21. The van der Waals surface area contributed by atoms with Crippen molar-refractivity contribution < 1.29 is 19.1 Å². The van der Waals surface area contributed by atoms with Gasteiger partial charge < -0.3 is 10.1 Å². The van der Waals surface area contributed by atoms with E-state index in [9.17, 15) is 14.4 Å². The summed E-state index contributed by atoms with van der Waals surface area (Å²) in [5.41, 5.74) is -0.306. The smallest absolute Gasteiger partial charge is 0.326 e. The predicted octanol–water partition coefficient (Wildman–Crippen LogP) is 4.22. The molecule has 1 N–H and O–H groups in total. The lowest BCUT2D eigenvalue weighted by Gasteiger charge is -2.47. The van der Waals surface area contributed by atoms with Crippen molar-refractivity contribution >= 4 is 31.4 Å². The number of amides is 1. The van der Waals surface area contributed by atoms with Crippen LogP contribution in [-0.4, -0.2) is 32.3 Å². The Morgan fingerprint density at radius 2 is 1.85 bits per heavy atom. The molecular formula is C21H31NO4Si. The number of hydrogen-bond donors (Lipinski definition) is 1. The van der Waals surface area contributed by atoms with Gasteiger partial charge in [0.15, 0.2) is 5.41 Å². The van der Waals surface area contributed by atoms with E-state index in [1.54, 1.807) is 13.0 Å². The first-order valence-corrected chi connectivity index (χ1v) is 12.5. The van der Waals surface area contributed by atoms with E-state index in [4.69, 9.17) is 4.74 Å². The highest BCUT2D eigenvalue weighted by molar-refractivity contribution is 6.85. The van der Waals surface area contributed by atoms with Gasteiger partial charge in [-0.2, -0.15) is 0 Å². The summed E-state index contributed by atoms with van der Waals surface area (Å²) in [6.07, 6.45) is 0. The fraction of sp³-hybridized carbons (Fsp3) is 0.571. The van der Waals surface area contributed by atoms with Crippen LogP contribution in [0.5, 0.6) is 0 Å². The molecule has 1 unspecified atom stereocenters. The molecule has 0 saturated heterocycles. The summed E-state index contributed by atoms with van der Waals surface area (Å²) in [4.78, 5) is 39.8. The number of anilines is 1. The van der Waals surface area contributed by atoms with Gasteiger partial charge in [-0.15, -0.1) is 0 Å². The standard InChI is InChI=1S/C21H31NO4Si/c1-9-26-19(25)21(17(14(3)23)27(7,8)20(4,5)6)15-12-10-11-13(2)16(15)22-18(21)24/h10-12,17H,9H2,1-8H3,(H,22,24)/t17?,21-/m1/s1. The van der Waals surface area contributed by atoms with E-state index in [2.05, 4.69) is 39.2 Å². The van der Waals surface area contributed by atoms with Gasteiger partial charge in [0.2, 0.25) is 5.91 Å². The Kier molecular flexibility index (Phi) is 5.45. The quantitative estimate of drug-likeness (QED) is 0.465. The van der Waals surface area contributed by atoms with E-state index >= 15 is 0 Å². The summed E-state index contributed by atoms with van der Waals surface area (Å²) < 4.78 is 5.41. The minimum Gasteiger partial charge on any atom is -0.465 e. The maximum Gasteiger partial charge on any atom is 0.326 e. The zero-order valence-electron chi connectivity index (χ0n) is 17.6. The number of ketones is 1. The molecule has 6 heteroatoms. The Bertz CT molecular complexity index is 794. The summed E-state index contributed by atoms with van der Waals surface area (Å²) in [6, 6.07) is 5.49. The van der Waals surface area contributed by atoms with Crippen LogP contribution in [-0.2, 0) is 24.5 Å². The van der Waals surface area contributed by atoms with Gasteiger partial charge in [0.05, 0.1) is 14.7 Å². The molecule has 1 heterocycles. The molecule has 1 aromatic carbocycles. The zero-order valence-corrected chi connectivity index (χ0v) is 18.6. The van der Waals surface area contributed by atoms with Crippen molar-refractivity contribution in [3.63, 3.8) is 0 Å². The maximum absolute atomic E-state index is 13.4. The molecule has 148 valence electrons. The fourth-order valence-electron chi connectivity index (χ4n) is 4.14. The van der Waals surface area contributed by atoms with Crippen molar-refractivity contribution in [2.45, 2.75) is 70.6 Å². The molecule has 2 atom stereocenters. The van der Waals surface area contributed by atoms with Gasteiger partial charge in [-0.1, -0.05) is 52.1 Å². The van der Waals surface area contributed by atoms with E-state index in [0.717, 1.165) is 5.56 Å². The number of rotatable bonds is 5. The Hall–Kier alpha value is -1.95. The highest BCUT2D eigenvalue weighted by Crippen LogP contribution is 2.56. The van der Waals surface area contributed by atoms with Gasteiger partial charge in [-0.05, 0) is 31.4 Å². The van der Waals surface area contributed by atoms with E-state index in [1.807, 2.05) is 19.1 Å². The number of ether oxygens (including phenoxy) is 1. The third-order valence-electron chi connectivity index (χ3n) is 6.39. The minimum absolute atomic E-state index is 0.140. The van der Waals surface area contributed by atoms with Crippen LogP contribution < -0.4 is 5.32 Å². The average Bonchev–Trinajstić information content (AvgIpc) is 2.81. The molecule has 0 saturated carbocycles. The van der Waals surface area contributed by atoms with Crippen LogP contribution >= 0.6 is 0 Å². The highest BCUT2D eigenvalue weighted by Gasteiger charge is 2.66. The third-order valence-corrected chi connectivity index (χ3v) is 12.5. The number of esters is 1. The first kappa shape index (κ1) is 21.3. The van der Waals surface area contributed by atoms with Gasteiger partial charge in [-0.25, -0.2) is 0 Å². The number of nitrogens with one attached hydrogen (secondary N) is 1. The molecule has 0 spiro atoms. The summed E-state index contributed by atoms with van der Waals surface area (Å²) in [5, 5.41) is 2.69. The number of aryl methyl sites for hydroxylation is 1. The summed E-state index contributed by atoms with van der Waals surface area (Å²) in [6.45, 7) is 15.7. The number of fused-ring (bicyclic) bond motifs is 1. The van der Waals surface area contributed by atoms with Crippen molar-refractivity contribution in [2.24, 2.45) is 0 Å². The second kappa shape index (κ2) is 6.89. The molecular weight excluding hydrogens is 358 g/mol. The topological polar surface area (TPSA) is 72.5 Å². The molecule has 0 aliphatic carbocycles. The molecule has 0 aromatic heterocycles. The van der Waals surface area contributed by atoms with Crippen molar-refractivity contribution in [3.05, 3.63) is 29.3 Å². The zero-order chi connectivity index (χ0) is 20.8. The van der Waals surface area contributed by atoms with Crippen LogP contribution in [0, 0.1) is 6.92 Å². The fourth-order valence-corrected chi connectivity index (χ4v) is 7.51. The molecule has 1 aromatic rings. The summed E-state index contributed by atoms with van der Waals surface area (Å²) in [7, 11) is -2.47. The number of carbonyl (C=O) groups excluding carboxylic acids is 3. The number of benzene rings is 1. The van der Waals surface area contributed by atoms with Gasteiger partial charge in [0.25, 0.3) is 0 Å². The summed E-state index contributed by atoms with van der Waals surface area (Å²) in [5.74, 6) is -1.22. The molecule has 0 bridgehead atoms. The lowest BCUT2D eigenvalue weighted by molar-refractivity contribution is -0.155. The molecule has 0 fully saturated rings. The number of carbonyl (C=O) groups is 3. The molecule has 1 aliphatic heterocycles. The molecule has 5 nitrogen and oxygen atoms in total. The van der Waals surface area contributed by atoms with Crippen LogP contribution in [0.1, 0.15) is 45.7 Å². The van der Waals surface area contributed by atoms with Crippen molar-refractivity contribution in [1.82, 2.24) is 0 Å². The first-order valence-electron chi connectivity index (χ1n) is 9.42. The minimum atomic E-state index is -2.47. The lowest BCUT2D eigenvalue weighted by atomic mass is 9.76. The largest absolute Gasteiger partial charge is 0.465 e. The van der Waals surface area contributed by atoms with Crippen LogP contribution in [0.3, 0.4) is 0 Å². The van der Waals surface area contributed by atoms with E-state index < -0.39 is 30.9 Å². The van der Waals surface area contributed by atoms with Gasteiger partial charge in [0, 0.05) is 16.8 Å². The van der Waals surface area contributed by atoms with Crippen LogP contribution in [0.2, 0.25) is 23.7 Å². The average molecular weight is 390 g/mol. The second-order valence-corrected chi connectivity index (χ2v) is 14.5. The van der Waals surface area contributed by atoms with Crippen molar-refractivity contribution in [2.75, 3.05) is 11.9 Å². The normalized spacial score (nSPS) is 20.7. The van der Waals surface area contributed by atoms with E-state index in [-0.39, 0.29) is 17.4 Å². The molecule has 1 amide bonds. The van der Waals surface area contributed by atoms with Crippen molar-refractivity contribution in [3.8, 4) is 0 Å². The van der Waals surface area contributed by atoms with Gasteiger partial charge >= 0.3 is 5.97 Å². The Balaban J connectivity index is 2.92. The lowest BCUT2D eigenvalue weighted by Crippen LogP contribution is -2.60. The maximum atomic E-state index is 13.4. The van der Waals surface area contributed by atoms with Gasteiger partial charge in [0.1, 0.15) is 5.78 Å². The van der Waals surface area contributed by atoms with E-state index in [0.29, 0.717) is 11.3 Å². The van der Waals surface area contributed by atoms with E-state index in [1.165, 1.54) is 6.92 Å². The summed E-state index contributed by atoms with van der Waals surface area (Å²) >= 11 is 0. The van der Waals surface area contributed by atoms with Gasteiger partial charge in [-0.3, -0.25) is 14.4 Å². The molecule has 27 heavy (non-hydrogen) atoms. The van der Waals surface area contributed by atoms with Crippen molar-refractivity contribution in [1.29, 1.82) is 0 Å². The van der Waals surface area contributed by atoms with Crippen LogP contribution in [0.25, 0.3) is 0 Å². The molecule has 0 radical (unpaired) electrons. The Labute approximate surface area is 162 Å². The monoisotopic (exact) mass is 389 g/mol. The Morgan fingerprint density at radius 1 is 1.26 bits per heavy atom. The third kappa shape index (κ3) is 3.04. The number of hydrogen-bond acceptors (Lipinski definition) is 4. The van der Waals surface area contributed by atoms with Crippen LogP contribution in [0.4, 0.5) is 5.69 Å². The molecule has 2 rings (SSSR count). The molecule has 1 aliphatic rings. The second-order valence-electron chi connectivity index (χ2n) is 9.00. The first-order chi connectivity index (χ1) is 12.3. The highest BCUT2D eigenvalue weighted by atomic mass is 28.3. The number of Topliss-reactive ketones (excluding diaryl/α,β-unsaturated/α-hetero) is 1.